The van der Waals surface area contributed by atoms with Crippen molar-refractivity contribution in [2.75, 3.05) is 0 Å². The molecule has 1 heteroatoms. The maximum Gasteiger partial charge on any atom is 0.0298 e. The lowest BCUT2D eigenvalue weighted by atomic mass is 10.0. The summed E-state index contributed by atoms with van der Waals surface area (Å²) in [6.45, 7) is 8.55. The van der Waals surface area contributed by atoms with Crippen LogP contribution in [0.15, 0.2) is 28.9 Å². The largest absolute Gasteiger partial charge is 0.269 e. The summed E-state index contributed by atoms with van der Waals surface area (Å²) in [6, 6.07) is 0. The minimum absolute atomic E-state index is 0.551. The molecule has 0 aliphatic heterocycles. The Morgan fingerprint density at radius 1 is 1.38 bits per heavy atom. The van der Waals surface area contributed by atoms with Gasteiger partial charge in [-0.3, -0.25) is 4.99 Å². The molecule has 0 unspecified atom stereocenters. The van der Waals surface area contributed by atoms with Crippen molar-refractivity contribution >= 4 is 6.21 Å². The Bertz CT molecular complexity index is 197. The summed E-state index contributed by atoms with van der Waals surface area (Å²) < 4.78 is 0. The highest BCUT2D eigenvalue weighted by Gasteiger charge is 1.96. The van der Waals surface area contributed by atoms with Crippen molar-refractivity contribution in [2.24, 2.45) is 10.9 Å². The zero-order chi connectivity index (χ0) is 10.1. The molecule has 74 valence electrons. The first-order valence-corrected chi connectivity index (χ1v) is 5.06. The number of hydrogen-bond donors (Lipinski definition) is 0. The molecule has 0 aliphatic rings. The Kier molecular flexibility index (Phi) is 7.27. The molecule has 13 heavy (non-hydrogen) atoms. The average molecular weight is 179 g/mol. The lowest BCUT2D eigenvalue weighted by Crippen LogP contribution is -1.89. The second-order valence-electron chi connectivity index (χ2n) is 3.40. The molecule has 0 radical (unpaired) electrons. The molecule has 0 aliphatic carbocycles. The van der Waals surface area contributed by atoms with Gasteiger partial charge in [0, 0.05) is 12.4 Å². The molecule has 0 fully saturated rings. The first kappa shape index (κ1) is 12.2. The molecule has 0 atom stereocenters. The lowest BCUT2D eigenvalue weighted by molar-refractivity contribution is 0.788. The summed E-state index contributed by atoms with van der Waals surface area (Å²) in [6.07, 6.45) is 10.3. The second-order valence-corrected chi connectivity index (χ2v) is 3.40. The van der Waals surface area contributed by atoms with Crippen molar-refractivity contribution in [1.29, 1.82) is 0 Å². The van der Waals surface area contributed by atoms with Crippen LogP contribution < -0.4 is 0 Å². The van der Waals surface area contributed by atoms with Crippen molar-refractivity contribution in [1.82, 2.24) is 0 Å². The van der Waals surface area contributed by atoms with Crippen molar-refractivity contribution in [3.05, 3.63) is 23.9 Å². The van der Waals surface area contributed by atoms with Crippen molar-refractivity contribution < 1.29 is 0 Å². The lowest BCUT2D eigenvalue weighted by Gasteiger charge is -2.03. The van der Waals surface area contributed by atoms with Gasteiger partial charge in [0.1, 0.15) is 0 Å². The molecule has 0 rings (SSSR count). The smallest absolute Gasteiger partial charge is 0.0298 e. The zero-order valence-corrected chi connectivity index (χ0v) is 9.25. The van der Waals surface area contributed by atoms with Crippen LogP contribution in [-0.4, -0.2) is 6.21 Å². The maximum atomic E-state index is 4.26. The summed E-state index contributed by atoms with van der Waals surface area (Å²) in [5.74, 6) is 0.551. The van der Waals surface area contributed by atoms with Gasteiger partial charge in [0.15, 0.2) is 0 Å². The van der Waals surface area contributed by atoms with Crippen LogP contribution in [0.3, 0.4) is 0 Å². The van der Waals surface area contributed by atoms with E-state index in [1.165, 1.54) is 5.57 Å². The van der Waals surface area contributed by atoms with E-state index in [1.54, 1.807) is 0 Å². The van der Waals surface area contributed by atoms with Crippen LogP contribution in [0.25, 0.3) is 0 Å². The third-order valence-corrected chi connectivity index (χ3v) is 1.77. The van der Waals surface area contributed by atoms with E-state index >= 15 is 0 Å². The minimum atomic E-state index is 0.551. The van der Waals surface area contributed by atoms with E-state index in [-0.39, 0.29) is 0 Å². The molecule has 0 aromatic heterocycles. The molecule has 0 aromatic rings. The molecule has 0 N–H and O–H groups in total. The number of nitrogens with zero attached hydrogens (tertiary/aromatic N) is 1. The molecule has 0 aromatic carbocycles. The van der Waals surface area contributed by atoms with Gasteiger partial charge in [0.25, 0.3) is 0 Å². The van der Waals surface area contributed by atoms with Gasteiger partial charge in [-0.2, -0.15) is 0 Å². The van der Waals surface area contributed by atoms with Gasteiger partial charge in [0.05, 0.1) is 0 Å². The summed E-state index contributed by atoms with van der Waals surface area (Å²) in [7, 11) is 0. The Balaban J connectivity index is 4.19. The quantitative estimate of drug-likeness (QED) is 0.447. The molecular weight excluding hydrogens is 158 g/mol. The summed E-state index contributed by atoms with van der Waals surface area (Å²) in [4.78, 5) is 4.26. The molecule has 0 saturated carbocycles. The van der Waals surface area contributed by atoms with Crippen LogP contribution in [-0.2, 0) is 0 Å². The number of unbranched alkanes of at least 4 members (excludes halogenated alkanes) is 1. The summed E-state index contributed by atoms with van der Waals surface area (Å²) >= 11 is 0. The molecule has 0 saturated heterocycles. The Morgan fingerprint density at radius 3 is 2.54 bits per heavy atom. The molecule has 0 spiro atoms. The Labute approximate surface area is 82.3 Å². The highest BCUT2D eigenvalue weighted by Crippen LogP contribution is 2.10. The van der Waals surface area contributed by atoms with E-state index in [0.29, 0.717) is 5.92 Å². The van der Waals surface area contributed by atoms with Gasteiger partial charge >= 0.3 is 0 Å². The monoisotopic (exact) mass is 179 g/mol. The van der Waals surface area contributed by atoms with E-state index in [9.17, 15) is 0 Å². The average Bonchev–Trinajstić information content (AvgIpc) is 2.10. The summed E-state index contributed by atoms with van der Waals surface area (Å²) in [5, 5.41) is 0. The van der Waals surface area contributed by atoms with Gasteiger partial charge < -0.3 is 0 Å². The third-order valence-electron chi connectivity index (χ3n) is 1.77. The first-order valence-electron chi connectivity index (χ1n) is 5.06. The fourth-order valence-corrected chi connectivity index (χ4v) is 0.919. The number of hydrogen-bond acceptors (Lipinski definition) is 1. The highest BCUT2D eigenvalue weighted by atomic mass is 14.7. The highest BCUT2D eigenvalue weighted by molar-refractivity contribution is 5.58. The van der Waals surface area contributed by atoms with E-state index in [0.717, 1.165) is 12.8 Å². The molecule has 0 amide bonds. The molecular formula is C12H21N. The molecule has 0 heterocycles. The SMILES string of the molecule is C/C=C\C(=C/N=CCCC)C(C)C. The van der Waals surface area contributed by atoms with E-state index in [1.807, 2.05) is 19.3 Å². The van der Waals surface area contributed by atoms with E-state index < -0.39 is 0 Å². The summed E-state index contributed by atoms with van der Waals surface area (Å²) in [5.41, 5.74) is 1.29. The predicted molar refractivity (Wildman–Crippen MR) is 61.1 cm³/mol. The molecule has 0 bridgehead atoms. The minimum Gasteiger partial charge on any atom is -0.269 e. The number of rotatable bonds is 5. The van der Waals surface area contributed by atoms with Gasteiger partial charge in [0.2, 0.25) is 0 Å². The third kappa shape index (κ3) is 6.32. The van der Waals surface area contributed by atoms with Crippen molar-refractivity contribution in [3.63, 3.8) is 0 Å². The number of allylic oxidation sites excluding steroid dienone is 3. The number of aliphatic imine (C=N–C) groups is 1. The Morgan fingerprint density at radius 2 is 2.08 bits per heavy atom. The van der Waals surface area contributed by atoms with Crippen molar-refractivity contribution in [3.8, 4) is 0 Å². The van der Waals surface area contributed by atoms with Gasteiger partial charge in [-0.1, -0.05) is 39.3 Å². The second kappa shape index (κ2) is 7.78. The standard InChI is InChI=1S/C12H21N/c1-5-7-9-13-10-12(8-6-2)11(3)4/h6,8-11H,5,7H2,1-4H3/b8-6-,12-10+,13-9?. The van der Waals surface area contributed by atoms with E-state index in [2.05, 4.69) is 37.9 Å². The molecule has 1 nitrogen and oxygen atoms in total. The fraction of sp³-hybridized carbons (Fsp3) is 0.583. The fourth-order valence-electron chi connectivity index (χ4n) is 0.919. The topological polar surface area (TPSA) is 12.4 Å². The van der Waals surface area contributed by atoms with Crippen molar-refractivity contribution in [2.45, 2.75) is 40.5 Å². The van der Waals surface area contributed by atoms with Crippen LogP contribution in [0, 0.1) is 5.92 Å². The van der Waals surface area contributed by atoms with Gasteiger partial charge in [-0.15, -0.1) is 0 Å². The first-order chi connectivity index (χ1) is 6.22. The Hall–Kier alpha value is -0.850. The van der Waals surface area contributed by atoms with Gasteiger partial charge in [-0.25, -0.2) is 0 Å². The van der Waals surface area contributed by atoms with Crippen LogP contribution >= 0.6 is 0 Å². The van der Waals surface area contributed by atoms with Crippen LogP contribution in [0.1, 0.15) is 40.5 Å². The van der Waals surface area contributed by atoms with Crippen LogP contribution in [0.5, 0.6) is 0 Å². The predicted octanol–water partition coefficient (Wildman–Crippen LogP) is 3.97. The van der Waals surface area contributed by atoms with E-state index in [4.69, 9.17) is 0 Å². The normalized spacial score (nSPS) is 13.8. The van der Waals surface area contributed by atoms with Crippen LogP contribution in [0.2, 0.25) is 0 Å². The zero-order valence-electron chi connectivity index (χ0n) is 9.25. The maximum absolute atomic E-state index is 4.26. The van der Waals surface area contributed by atoms with Gasteiger partial charge in [-0.05, 0) is 24.8 Å². The van der Waals surface area contributed by atoms with Crippen LogP contribution in [0.4, 0.5) is 0 Å².